The highest BCUT2D eigenvalue weighted by Crippen LogP contribution is 2.29. The van der Waals surface area contributed by atoms with Gasteiger partial charge in [-0.1, -0.05) is 19.4 Å². The second-order valence-electron chi connectivity index (χ2n) is 3.39. The van der Waals surface area contributed by atoms with Crippen LogP contribution in [0.25, 0.3) is 0 Å². The molecule has 0 atom stereocenters. The molecule has 1 rings (SSSR count). The number of esters is 1. The average molecular weight is 222 g/mol. The molecule has 4 nitrogen and oxygen atoms in total. The van der Waals surface area contributed by atoms with Crippen molar-refractivity contribution in [1.82, 2.24) is 0 Å². The predicted octanol–water partition coefficient (Wildman–Crippen LogP) is 2.30. The van der Waals surface area contributed by atoms with Crippen LogP contribution >= 0.6 is 0 Å². The van der Waals surface area contributed by atoms with Crippen molar-refractivity contribution in [2.24, 2.45) is 0 Å². The Morgan fingerprint density at radius 2 is 2.25 bits per heavy atom. The summed E-state index contributed by atoms with van der Waals surface area (Å²) in [4.78, 5) is 22.0. The molecule has 1 aromatic carbocycles. The first-order valence-electron chi connectivity index (χ1n) is 5.17. The lowest BCUT2D eigenvalue weighted by molar-refractivity contribution is -0.134. The van der Waals surface area contributed by atoms with Crippen LogP contribution in [-0.2, 0) is 4.79 Å². The van der Waals surface area contributed by atoms with E-state index in [0.717, 1.165) is 12.8 Å². The zero-order chi connectivity index (χ0) is 12.0. The number of hydrogen-bond acceptors (Lipinski definition) is 4. The molecule has 1 aromatic rings. The largest absolute Gasteiger partial charge is 0.504 e. The van der Waals surface area contributed by atoms with E-state index in [1.165, 1.54) is 18.2 Å². The number of benzene rings is 1. The maximum absolute atomic E-state index is 11.3. The van der Waals surface area contributed by atoms with Crippen molar-refractivity contribution < 1.29 is 19.4 Å². The first-order valence-corrected chi connectivity index (χ1v) is 5.17. The van der Waals surface area contributed by atoms with E-state index in [1.54, 1.807) is 0 Å². The fourth-order valence-electron chi connectivity index (χ4n) is 1.23. The van der Waals surface area contributed by atoms with Crippen LogP contribution in [0.5, 0.6) is 11.5 Å². The van der Waals surface area contributed by atoms with Crippen molar-refractivity contribution in [2.75, 3.05) is 0 Å². The normalized spacial score (nSPS) is 9.81. The van der Waals surface area contributed by atoms with E-state index in [1.807, 2.05) is 6.92 Å². The second-order valence-corrected chi connectivity index (χ2v) is 3.39. The summed E-state index contributed by atoms with van der Waals surface area (Å²) >= 11 is 0. The number of unbranched alkanes of at least 4 members (excludes halogenated alkanes) is 1. The molecule has 0 fully saturated rings. The van der Waals surface area contributed by atoms with Gasteiger partial charge in [0.25, 0.3) is 0 Å². The molecule has 0 aromatic heterocycles. The SMILES string of the molecule is CCCCC(=O)Oc1c(O)cccc1C=O. The van der Waals surface area contributed by atoms with Crippen molar-refractivity contribution in [3.05, 3.63) is 23.8 Å². The minimum Gasteiger partial charge on any atom is -0.504 e. The number of para-hydroxylation sites is 1. The summed E-state index contributed by atoms with van der Waals surface area (Å²) in [6.45, 7) is 1.96. The number of carbonyl (C=O) groups excluding carboxylic acids is 2. The number of hydrogen-bond donors (Lipinski definition) is 1. The average Bonchev–Trinajstić information content (AvgIpc) is 2.29. The van der Waals surface area contributed by atoms with E-state index in [0.29, 0.717) is 6.29 Å². The van der Waals surface area contributed by atoms with Crippen LogP contribution in [0.4, 0.5) is 0 Å². The van der Waals surface area contributed by atoms with Gasteiger partial charge in [-0.25, -0.2) is 0 Å². The molecule has 0 saturated carbocycles. The molecule has 0 saturated heterocycles. The topological polar surface area (TPSA) is 63.6 Å². The highest BCUT2D eigenvalue weighted by Gasteiger charge is 2.12. The van der Waals surface area contributed by atoms with Gasteiger partial charge in [0, 0.05) is 6.42 Å². The molecule has 0 aliphatic rings. The Morgan fingerprint density at radius 1 is 1.50 bits per heavy atom. The van der Waals surface area contributed by atoms with Crippen molar-refractivity contribution in [3.8, 4) is 11.5 Å². The summed E-state index contributed by atoms with van der Waals surface area (Å²) in [5.41, 5.74) is 0.171. The van der Waals surface area contributed by atoms with E-state index >= 15 is 0 Å². The molecule has 0 unspecified atom stereocenters. The fraction of sp³-hybridized carbons (Fsp3) is 0.333. The number of phenolic OH excluding ortho intramolecular Hbond substituents is 1. The number of phenols is 1. The van der Waals surface area contributed by atoms with Gasteiger partial charge in [-0.2, -0.15) is 0 Å². The maximum Gasteiger partial charge on any atom is 0.311 e. The predicted molar refractivity (Wildman–Crippen MR) is 58.7 cm³/mol. The van der Waals surface area contributed by atoms with Crippen LogP contribution in [0, 0.1) is 0 Å². The van der Waals surface area contributed by atoms with Crippen molar-refractivity contribution >= 4 is 12.3 Å². The minimum atomic E-state index is -0.438. The third kappa shape index (κ3) is 3.08. The molecular formula is C12H14O4. The summed E-state index contributed by atoms with van der Waals surface area (Å²) in [5, 5.41) is 9.46. The second kappa shape index (κ2) is 5.90. The molecule has 0 aliphatic carbocycles. The molecule has 4 heteroatoms. The Bertz CT molecular complexity index is 385. The summed E-state index contributed by atoms with van der Waals surface area (Å²) in [5.74, 6) is -0.695. The Labute approximate surface area is 93.9 Å². The van der Waals surface area contributed by atoms with Gasteiger partial charge in [0.1, 0.15) is 0 Å². The number of aromatic hydroxyl groups is 1. The van der Waals surface area contributed by atoms with Crippen molar-refractivity contribution in [3.63, 3.8) is 0 Å². The third-order valence-electron chi connectivity index (χ3n) is 2.10. The highest BCUT2D eigenvalue weighted by molar-refractivity contribution is 5.84. The van der Waals surface area contributed by atoms with Gasteiger partial charge in [0.15, 0.2) is 17.8 Å². The van der Waals surface area contributed by atoms with Gasteiger partial charge in [-0.15, -0.1) is 0 Å². The molecule has 1 N–H and O–H groups in total. The molecule has 0 heterocycles. The Morgan fingerprint density at radius 3 is 2.88 bits per heavy atom. The van der Waals surface area contributed by atoms with Crippen molar-refractivity contribution in [1.29, 1.82) is 0 Å². The summed E-state index contributed by atoms with van der Waals surface area (Å²) < 4.78 is 4.95. The smallest absolute Gasteiger partial charge is 0.311 e. The summed E-state index contributed by atoms with van der Waals surface area (Å²) in [7, 11) is 0. The molecular weight excluding hydrogens is 208 g/mol. The highest BCUT2D eigenvalue weighted by atomic mass is 16.5. The van der Waals surface area contributed by atoms with Gasteiger partial charge >= 0.3 is 5.97 Å². The molecule has 0 amide bonds. The summed E-state index contributed by atoms with van der Waals surface area (Å²) in [6, 6.07) is 4.37. The lowest BCUT2D eigenvalue weighted by atomic mass is 10.2. The zero-order valence-electron chi connectivity index (χ0n) is 9.10. The van der Waals surface area contributed by atoms with Gasteiger partial charge in [-0.05, 0) is 18.6 Å². The standard InChI is InChI=1S/C12H14O4/c1-2-3-7-11(15)16-12-9(8-13)5-4-6-10(12)14/h4-6,8,14H,2-3,7H2,1H3. The maximum atomic E-state index is 11.3. The third-order valence-corrected chi connectivity index (χ3v) is 2.10. The first-order chi connectivity index (χ1) is 7.69. The fourth-order valence-corrected chi connectivity index (χ4v) is 1.23. The van der Waals surface area contributed by atoms with Gasteiger partial charge < -0.3 is 9.84 Å². The number of carbonyl (C=O) groups is 2. The van der Waals surface area contributed by atoms with Crippen LogP contribution in [0.2, 0.25) is 0 Å². The molecule has 0 radical (unpaired) electrons. The Balaban J connectivity index is 2.79. The van der Waals surface area contributed by atoms with E-state index in [9.17, 15) is 14.7 Å². The molecule has 16 heavy (non-hydrogen) atoms. The van der Waals surface area contributed by atoms with Crippen LogP contribution in [-0.4, -0.2) is 17.4 Å². The van der Waals surface area contributed by atoms with E-state index < -0.39 is 5.97 Å². The van der Waals surface area contributed by atoms with E-state index in [2.05, 4.69) is 0 Å². The van der Waals surface area contributed by atoms with Crippen LogP contribution < -0.4 is 4.74 Å². The van der Waals surface area contributed by atoms with Crippen LogP contribution in [0.1, 0.15) is 36.5 Å². The van der Waals surface area contributed by atoms with Gasteiger partial charge in [-0.3, -0.25) is 9.59 Å². The first kappa shape index (κ1) is 12.2. The minimum absolute atomic E-state index is 0.0568. The molecule has 0 aliphatic heterocycles. The van der Waals surface area contributed by atoms with Crippen LogP contribution in [0.15, 0.2) is 18.2 Å². The molecule has 0 spiro atoms. The molecule has 0 bridgehead atoms. The number of ether oxygens (including phenoxy) is 1. The molecule has 86 valence electrons. The zero-order valence-corrected chi connectivity index (χ0v) is 9.10. The van der Waals surface area contributed by atoms with Crippen LogP contribution in [0.3, 0.4) is 0 Å². The Hall–Kier alpha value is -1.84. The van der Waals surface area contributed by atoms with Crippen molar-refractivity contribution in [2.45, 2.75) is 26.2 Å². The van der Waals surface area contributed by atoms with Gasteiger partial charge in [0.2, 0.25) is 0 Å². The van der Waals surface area contributed by atoms with E-state index in [-0.39, 0.29) is 23.5 Å². The quantitative estimate of drug-likeness (QED) is 0.471. The number of rotatable bonds is 5. The monoisotopic (exact) mass is 222 g/mol. The lowest BCUT2D eigenvalue weighted by Crippen LogP contribution is -2.09. The Kier molecular flexibility index (Phi) is 4.51. The lowest BCUT2D eigenvalue weighted by Gasteiger charge is -2.07. The summed E-state index contributed by atoms with van der Waals surface area (Å²) in [6.07, 6.45) is 2.44. The number of aldehydes is 1. The van der Waals surface area contributed by atoms with Gasteiger partial charge in [0.05, 0.1) is 5.56 Å². The van der Waals surface area contributed by atoms with E-state index in [4.69, 9.17) is 4.74 Å².